The second kappa shape index (κ2) is 5.95. The number of aromatic nitrogens is 1. The summed E-state index contributed by atoms with van der Waals surface area (Å²) in [7, 11) is 0. The first-order valence-electron chi connectivity index (χ1n) is 7.60. The van der Waals surface area contributed by atoms with Gasteiger partial charge in [-0.05, 0) is 43.2 Å². The van der Waals surface area contributed by atoms with E-state index in [9.17, 15) is 22.8 Å². The van der Waals surface area contributed by atoms with E-state index in [2.05, 4.69) is 4.98 Å². The maximum absolute atomic E-state index is 12.7. The number of aryl methyl sites for hydroxylation is 1. The van der Waals surface area contributed by atoms with Gasteiger partial charge in [0.15, 0.2) is 5.78 Å². The van der Waals surface area contributed by atoms with E-state index in [1.165, 1.54) is 18.3 Å². The summed E-state index contributed by atoms with van der Waals surface area (Å²) < 4.78 is 37.9. The zero-order valence-corrected chi connectivity index (χ0v) is 13.6. The van der Waals surface area contributed by atoms with E-state index < -0.39 is 11.7 Å². The SMILES string of the molecule is CC1=C(Cc2ccc(C(F)(F)F)cc2)C(=O)c2cc(C)cnc2C1=O. The van der Waals surface area contributed by atoms with Crippen LogP contribution in [0.2, 0.25) is 0 Å². The molecular formula is C19H14F3NO2. The maximum atomic E-state index is 12.7. The molecule has 6 heteroatoms. The fourth-order valence-corrected chi connectivity index (χ4v) is 2.80. The third kappa shape index (κ3) is 3.12. The fraction of sp³-hybridized carbons (Fsp3) is 0.211. The van der Waals surface area contributed by atoms with E-state index >= 15 is 0 Å². The summed E-state index contributed by atoms with van der Waals surface area (Å²) >= 11 is 0. The number of carbonyl (C=O) groups is 2. The quantitative estimate of drug-likeness (QED) is 0.813. The van der Waals surface area contributed by atoms with Gasteiger partial charge in [-0.1, -0.05) is 12.1 Å². The molecule has 0 saturated heterocycles. The number of hydrogen-bond acceptors (Lipinski definition) is 3. The number of hydrogen-bond donors (Lipinski definition) is 0. The number of ketones is 2. The lowest BCUT2D eigenvalue weighted by atomic mass is 9.84. The highest BCUT2D eigenvalue weighted by Gasteiger charge is 2.32. The average Bonchev–Trinajstić information content (AvgIpc) is 2.56. The molecule has 128 valence electrons. The predicted octanol–water partition coefficient (Wildman–Crippen LogP) is 4.35. The smallest absolute Gasteiger partial charge is 0.289 e. The molecule has 2 aromatic rings. The van der Waals surface area contributed by atoms with E-state index in [0.29, 0.717) is 11.1 Å². The standard InChI is InChI=1S/C19H14F3NO2/c1-10-7-15-16(23-9-10)17(24)11(2)14(18(15)25)8-12-3-5-13(6-4-12)19(20,21)22/h3-7,9H,8H2,1-2H3. The molecule has 1 aliphatic carbocycles. The van der Waals surface area contributed by atoms with Crippen LogP contribution in [-0.4, -0.2) is 16.6 Å². The van der Waals surface area contributed by atoms with Gasteiger partial charge in [0.25, 0.3) is 0 Å². The monoisotopic (exact) mass is 345 g/mol. The van der Waals surface area contributed by atoms with E-state index in [0.717, 1.165) is 17.7 Å². The topological polar surface area (TPSA) is 47.0 Å². The minimum Gasteiger partial charge on any atom is -0.289 e. The summed E-state index contributed by atoms with van der Waals surface area (Å²) in [4.78, 5) is 29.2. The summed E-state index contributed by atoms with van der Waals surface area (Å²) in [6.07, 6.45) is -2.79. The third-order valence-corrected chi connectivity index (χ3v) is 4.21. The number of pyridine rings is 1. The highest BCUT2D eigenvalue weighted by atomic mass is 19.4. The van der Waals surface area contributed by atoms with E-state index in [4.69, 9.17) is 0 Å². The Hall–Kier alpha value is -2.76. The molecule has 0 bridgehead atoms. The molecule has 1 aromatic heterocycles. The van der Waals surface area contributed by atoms with Crippen molar-refractivity contribution in [2.24, 2.45) is 0 Å². The summed E-state index contributed by atoms with van der Waals surface area (Å²) in [5.74, 6) is -0.625. The van der Waals surface area contributed by atoms with Crippen LogP contribution in [0.25, 0.3) is 0 Å². The number of carbonyl (C=O) groups excluding carboxylic acids is 2. The van der Waals surface area contributed by atoms with Crippen LogP contribution in [-0.2, 0) is 12.6 Å². The molecule has 0 spiro atoms. The fourth-order valence-electron chi connectivity index (χ4n) is 2.80. The number of allylic oxidation sites excluding steroid dienone is 2. The number of alkyl halides is 3. The molecular weight excluding hydrogens is 331 g/mol. The molecule has 0 fully saturated rings. The largest absolute Gasteiger partial charge is 0.416 e. The number of halogens is 3. The van der Waals surface area contributed by atoms with Crippen LogP contribution in [0, 0.1) is 6.92 Å². The Morgan fingerprint density at radius 2 is 1.64 bits per heavy atom. The molecule has 0 saturated carbocycles. The van der Waals surface area contributed by atoms with Gasteiger partial charge in [0, 0.05) is 23.8 Å². The maximum Gasteiger partial charge on any atom is 0.416 e. The van der Waals surface area contributed by atoms with Gasteiger partial charge in [0.2, 0.25) is 5.78 Å². The van der Waals surface area contributed by atoms with Crippen molar-refractivity contribution in [2.45, 2.75) is 26.4 Å². The van der Waals surface area contributed by atoms with Gasteiger partial charge < -0.3 is 0 Å². The second-order valence-electron chi connectivity index (χ2n) is 6.04. The van der Waals surface area contributed by atoms with Crippen molar-refractivity contribution in [2.75, 3.05) is 0 Å². The van der Waals surface area contributed by atoms with E-state index in [1.54, 1.807) is 19.9 Å². The van der Waals surface area contributed by atoms with Crippen molar-refractivity contribution in [3.8, 4) is 0 Å². The Balaban J connectivity index is 1.96. The molecule has 3 nitrogen and oxygen atoms in total. The third-order valence-electron chi connectivity index (χ3n) is 4.21. The molecule has 0 unspecified atom stereocenters. The van der Waals surface area contributed by atoms with Crippen LogP contribution in [0.3, 0.4) is 0 Å². The molecule has 1 aromatic carbocycles. The van der Waals surface area contributed by atoms with Crippen LogP contribution < -0.4 is 0 Å². The van der Waals surface area contributed by atoms with Crippen molar-refractivity contribution in [1.29, 1.82) is 0 Å². The van der Waals surface area contributed by atoms with Crippen molar-refractivity contribution in [3.05, 3.63) is 75.6 Å². The normalized spacial score (nSPS) is 14.8. The van der Waals surface area contributed by atoms with Gasteiger partial charge in [-0.25, -0.2) is 0 Å². The van der Waals surface area contributed by atoms with Crippen molar-refractivity contribution in [3.63, 3.8) is 0 Å². The van der Waals surface area contributed by atoms with Gasteiger partial charge in [-0.15, -0.1) is 0 Å². The van der Waals surface area contributed by atoms with Crippen LogP contribution in [0.1, 0.15) is 44.5 Å². The Labute approximate surface area is 142 Å². The molecule has 0 aliphatic heterocycles. The van der Waals surface area contributed by atoms with Gasteiger partial charge in [0.05, 0.1) is 11.1 Å². The summed E-state index contributed by atoms with van der Waals surface area (Å²) in [6.45, 7) is 3.32. The minimum absolute atomic E-state index is 0.0991. The number of benzene rings is 1. The molecule has 0 amide bonds. The lowest BCUT2D eigenvalue weighted by molar-refractivity contribution is -0.137. The van der Waals surface area contributed by atoms with Crippen LogP contribution in [0.15, 0.2) is 47.7 Å². The second-order valence-corrected chi connectivity index (χ2v) is 6.04. The predicted molar refractivity (Wildman–Crippen MR) is 85.5 cm³/mol. The molecule has 3 rings (SSSR count). The van der Waals surface area contributed by atoms with Gasteiger partial charge in [0.1, 0.15) is 5.69 Å². The Morgan fingerprint density at radius 3 is 2.24 bits per heavy atom. The molecule has 1 heterocycles. The molecule has 25 heavy (non-hydrogen) atoms. The number of fused-ring (bicyclic) bond motifs is 1. The van der Waals surface area contributed by atoms with Crippen LogP contribution in [0.4, 0.5) is 13.2 Å². The number of Topliss-reactive ketones (excluding diaryl/α,β-unsaturated/α-hetero) is 2. The van der Waals surface area contributed by atoms with Crippen molar-refractivity contribution in [1.82, 2.24) is 4.98 Å². The van der Waals surface area contributed by atoms with Crippen molar-refractivity contribution < 1.29 is 22.8 Å². The lowest BCUT2D eigenvalue weighted by Crippen LogP contribution is -2.23. The van der Waals surface area contributed by atoms with Gasteiger partial charge in [-0.2, -0.15) is 13.2 Å². The highest BCUT2D eigenvalue weighted by molar-refractivity contribution is 6.26. The lowest BCUT2D eigenvalue weighted by Gasteiger charge is -2.19. The Bertz CT molecular complexity index is 909. The first kappa shape index (κ1) is 17.1. The number of nitrogens with zero attached hydrogens (tertiary/aromatic N) is 1. The van der Waals surface area contributed by atoms with E-state index in [1.807, 2.05) is 0 Å². The van der Waals surface area contributed by atoms with Gasteiger partial charge in [-0.3, -0.25) is 14.6 Å². The zero-order valence-electron chi connectivity index (χ0n) is 13.6. The number of rotatable bonds is 2. The van der Waals surface area contributed by atoms with Crippen molar-refractivity contribution >= 4 is 11.6 Å². The van der Waals surface area contributed by atoms with Crippen LogP contribution in [0.5, 0.6) is 0 Å². The first-order chi connectivity index (χ1) is 11.7. The summed E-state index contributed by atoms with van der Waals surface area (Å²) in [5.41, 5.74) is 1.50. The summed E-state index contributed by atoms with van der Waals surface area (Å²) in [6, 6.07) is 6.21. The minimum atomic E-state index is -4.41. The first-order valence-corrected chi connectivity index (χ1v) is 7.60. The molecule has 1 aliphatic rings. The zero-order chi connectivity index (χ0) is 18.4. The Kier molecular flexibility index (Phi) is 4.06. The molecule has 0 radical (unpaired) electrons. The Morgan fingerprint density at radius 1 is 1.00 bits per heavy atom. The molecule has 0 N–H and O–H groups in total. The van der Waals surface area contributed by atoms with E-state index in [-0.39, 0.29) is 34.8 Å². The summed E-state index contributed by atoms with van der Waals surface area (Å²) in [5, 5.41) is 0. The molecule has 0 atom stereocenters. The van der Waals surface area contributed by atoms with Crippen LogP contribution >= 0.6 is 0 Å². The average molecular weight is 345 g/mol. The highest BCUT2D eigenvalue weighted by Crippen LogP contribution is 2.31. The van der Waals surface area contributed by atoms with Gasteiger partial charge >= 0.3 is 6.18 Å².